The summed E-state index contributed by atoms with van der Waals surface area (Å²) in [4.78, 5) is 0. The zero-order valence-electron chi connectivity index (χ0n) is 25.8. The highest BCUT2D eigenvalue weighted by molar-refractivity contribution is 7.08. The fraction of sp³-hybridized carbons (Fsp3) is 0. The molecule has 0 bridgehead atoms. The van der Waals surface area contributed by atoms with Gasteiger partial charge in [-0.05, 0) is 60.0 Å². The Balaban J connectivity index is 1.32. The standard InChI is InChI=1S/C44H27N3S/c1-2-16-35-34(15-1)43(47-40-19-9-5-13-32(40)33-14-6-10-20-41(33)47)26-37-36-25-28(21-22-42(36)46(44(35)37)29-23-24-48-27-29)45-38-17-7-3-11-30(38)31-12-4-8-18-39(31)45/h1-27H. The van der Waals surface area contributed by atoms with Crippen molar-refractivity contribution >= 4 is 87.5 Å². The van der Waals surface area contributed by atoms with Crippen LogP contribution in [0.1, 0.15) is 0 Å². The number of para-hydroxylation sites is 4. The molecule has 7 aromatic carbocycles. The minimum atomic E-state index is 1.16. The summed E-state index contributed by atoms with van der Waals surface area (Å²) in [7, 11) is 0. The van der Waals surface area contributed by atoms with Gasteiger partial charge in [0.25, 0.3) is 0 Å². The maximum absolute atomic E-state index is 2.47. The molecule has 4 aromatic heterocycles. The third kappa shape index (κ3) is 3.42. The predicted octanol–water partition coefficient (Wildman–Crippen LogP) is 12.2. The Kier molecular flexibility index (Phi) is 5.26. The van der Waals surface area contributed by atoms with Gasteiger partial charge in [-0.15, -0.1) is 0 Å². The molecule has 0 unspecified atom stereocenters. The van der Waals surface area contributed by atoms with Crippen LogP contribution in [0, 0.1) is 0 Å². The summed E-state index contributed by atoms with van der Waals surface area (Å²) in [6, 6.07) is 55.7. The first-order valence-corrected chi connectivity index (χ1v) is 17.3. The lowest BCUT2D eigenvalue weighted by molar-refractivity contribution is 1.17. The lowest BCUT2D eigenvalue weighted by Gasteiger charge is -2.14. The molecule has 0 saturated carbocycles. The first-order chi connectivity index (χ1) is 23.8. The van der Waals surface area contributed by atoms with Gasteiger partial charge in [0.2, 0.25) is 0 Å². The molecular formula is C44H27N3S. The summed E-state index contributed by atoms with van der Waals surface area (Å²) < 4.78 is 7.36. The Labute approximate surface area is 279 Å². The van der Waals surface area contributed by atoms with Crippen LogP contribution in [0.5, 0.6) is 0 Å². The SMILES string of the molecule is c1ccc2c(c1)c(-n1c3ccccc3c3ccccc31)cc1c3cc(-n4c5ccccc5c5ccccc54)ccc3n(-c3ccsc3)c21. The van der Waals surface area contributed by atoms with Crippen molar-refractivity contribution in [3.05, 3.63) is 162 Å². The van der Waals surface area contributed by atoms with Crippen molar-refractivity contribution in [3.8, 4) is 17.1 Å². The topological polar surface area (TPSA) is 14.8 Å². The van der Waals surface area contributed by atoms with E-state index in [9.17, 15) is 0 Å². The number of thiophene rings is 1. The molecule has 48 heavy (non-hydrogen) atoms. The molecule has 0 N–H and O–H groups in total. The summed E-state index contributed by atoms with van der Waals surface area (Å²) in [5.41, 5.74) is 10.9. The minimum Gasteiger partial charge on any atom is -0.309 e. The van der Waals surface area contributed by atoms with Gasteiger partial charge in [0.15, 0.2) is 0 Å². The zero-order chi connectivity index (χ0) is 31.3. The summed E-state index contributed by atoms with van der Waals surface area (Å²) in [5, 5.41) is 14.5. The van der Waals surface area contributed by atoms with E-state index in [1.807, 2.05) is 0 Å². The van der Waals surface area contributed by atoms with Gasteiger partial charge in [-0.25, -0.2) is 0 Å². The van der Waals surface area contributed by atoms with Crippen LogP contribution in [0.3, 0.4) is 0 Å². The largest absolute Gasteiger partial charge is 0.309 e. The molecule has 224 valence electrons. The number of nitrogens with zero attached hydrogens (tertiary/aromatic N) is 3. The second kappa shape index (κ2) is 9.71. The highest BCUT2D eigenvalue weighted by atomic mass is 32.1. The monoisotopic (exact) mass is 629 g/mol. The molecule has 4 heterocycles. The van der Waals surface area contributed by atoms with Crippen LogP contribution in [0.15, 0.2) is 162 Å². The third-order valence-corrected chi connectivity index (χ3v) is 10.8. The van der Waals surface area contributed by atoms with Crippen LogP contribution in [0.2, 0.25) is 0 Å². The number of hydrogen-bond acceptors (Lipinski definition) is 1. The first-order valence-electron chi connectivity index (χ1n) is 16.3. The van der Waals surface area contributed by atoms with E-state index >= 15 is 0 Å². The number of benzene rings is 7. The normalized spacial score (nSPS) is 12.2. The van der Waals surface area contributed by atoms with Crippen molar-refractivity contribution < 1.29 is 0 Å². The van der Waals surface area contributed by atoms with Crippen molar-refractivity contribution in [2.45, 2.75) is 0 Å². The molecule has 11 aromatic rings. The molecule has 3 nitrogen and oxygen atoms in total. The molecule has 0 aliphatic heterocycles. The molecule has 11 rings (SSSR count). The van der Waals surface area contributed by atoms with Crippen LogP contribution < -0.4 is 0 Å². The lowest BCUT2D eigenvalue weighted by Crippen LogP contribution is -1.97. The van der Waals surface area contributed by atoms with Crippen LogP contribution in [-0.2, 0) is 0 Å². The van der Waals surface area contributed by atoms with E-state index in [4.69, 9.17) is 0 Å². The lowest BCUT2D eigenvalue weighted by atomic mass is 10.0. The molecule has 4 heteroatoms. The van der Waals surface area contributed by atoms with E-state index in [1.165, 1.54) is 87.6 Å². The maximum Gasteiger partial charge on any atom is 0.0621 e. The molecule has 0 saturated heterocycles. The van der Waals surface area contributed by atoms with E-state index < -0.39 is 0 Å². The van der Waals surface area contributed by atoms with Gasteiger partial charge in [-0.3, -0.25) is 0 Å². The maximum atomic E-state index is 2.47. The Bertz CT molecular complexity index is 2950. The molecular weight excluding hydrogens is 603 g/mol. The Morgan fingerprint density at radius 3 is 1.40 bits per heavy atom. The highest BCUT2D eigenvalue weighted by Crippen LogP contribution is 2.43. The summed E-state index contributed by atoms with van der Waals surface area (Å²) in [6.07, 6.45) is 0. The molecule has 0 amide bonds. The fourth-order valence-corrected chi connectivity index (χ4v) is 8.82. The Morgan fingerprint density at radius 1 is 0.333 bits per heavy atom. The minimum absolute atomic E-state index is 1.16. The number of aromatic nitrogens is 3. The second-order valence-electron chi connectivity index (χ2n) is 12.6. The molecule has 0 atom stereocenters. The summed E-state index contributed by atoms with van der Waals surface area (Å²) >= 11 is 1.74. The van der Waals surface area contributed by atoms with Crippen molar-refractivity contribution in [1.82, 2.24) is 13.7 Å². The van der Waals surface area contributed by atoms with Crippen molar-refractivity contribution in [1.29, 1.82) is 0 Å². The number of hydrogen-bond donors (Lipinski definition) is 0. The van der Waals surface area contributed by atoms with Gasteiger partial charge >= 0.3 is 0 Å². The average Bonchev–Trinajstić information content (AvgIpc) is 3.93. The zero-order valence-corrected chi connectivity index (χ0v) is 26.7. The molecule has 0 spiro atoms. The van der Waals surface area contributed by atoms with Crippen LogP contribution in [0.4, 0.5) is 0 Å². The Hall–Kier alpha value is -6.10. The fourth-order valence-electron chi connectivity index (χ4n) is 8.20. The van der Waals surface area contributed by atoms with Crippen molar-refractivity contribution in [2.75, 3.05) is 0 Å². The van der Waals surface area contributed by atoms with Gasteiger partial charge in [0.05, 0.1) is 44.5 Å². The second-order valence-corrected chi connectivity index (χ2v) is 13.4. The predicted molar refractivity (Wildman–Crippen MR) is 205 cm³/mol. The van der Waals surface area contributed by atoms with Gasteiger partial charge in [0, 0.05) is 54.2 Å². The van der Waals surface area contributed by atoms with Gasteiger partial charge in [0.1, 0.15) is 0 Å². The molecule has 0 fully saturated rings. The van der Waals surface area contributed by atoms with Gasteiger partial charge in [-0.1, -0.05) is 97.1 Å². The molecule has 0 aliphatic carbocycles. The van der Waals surface area contributed by atoms with Gasteiger partial charge < -0.3 is 13.7 Å². The summed E-state index contributed by atoms with van der Waals surface area (Å²) in [5.74, 6) is 0. The van der Waals surface area contributed by atoms with Gasteiger partial charge in [-0.2, -0.15) is 11.3 Å². The van der Waals surface area contributed by atoms with E-state index in [2.05, 4.69) is 176 Å². The smallest absolute Gasteiger partial charge is 0.0621 e. The van der Waals surface area contributed by atoms with Crippen molar-refractivity contribution in [3.63, 3.8) is 0 Å². The average molecular weight is 630 g/mol. The van der Waals surface area contributed by atoms with E-state index in [0.717, 1.165) is 5.69 Å². The van der Waals surface area contributed by atoms with E-state index in [1.54, 1.807) is 11.3 Å². The van der Waals surface area contributed by atoms with E-state index in [0.29, 0.717) is 0 Å². The summed E-state index contributed by atoms with van der Waals surface area (Å²) in [6.45, 7) is 0. The molecule has 0 radical (unpaired) electrons. The van der Waals surface area contributed by atoms with Crippen LogP contribution >= 0.6 is 11.3 Å². The number of fused-ring (bicyclic) bond motifs is 11. The van der Waals surface area contributed by atoms with Crippen LogP contribution in [0.25, 0.3) is 93.3 Å². The Morgan fingerprint density at radius 2 is 0.833 bits per heavy atom. The van der Waals surface area contributed by atoms with Crippen LogP contribution in [-0.4, -0.2) is 13.7 Å². The molecule has 0 aliphatic rings. The van der Waals surface area contributed by atoms with E-state index in [-0.39, 0.29) is 0 Å². The van der Waals surface area contributed by atoms with Crippen molar-refractivity contribution in [2.24, 2.45) is 0 Å². The quantitative estimate of drug-likeness (QED) is 0.185. The number of rotatable bonds is 3. The highest BCUT2D eigenvalue weighted by Gasteiger charge is 2.21. The third-order valence-electron chi connectivity index (χ3n) is 10.2. The first kappa shape index (κ1) is 26.0.